The molecular weight excluding hydrogens is 392 g/mol. The first-order valence-corrected chi connectivity index (χ1v) is 11.0. The summed E-state index contributed by atoms with van der Waals surface area (Å²) in [4.78, 5) is 19.1. The first-order valence-electron chi connectivity index (χ1n) is 11.0. The Kier molecular flexibility index (Phi) is 7.98. The fourth-order valence-corrected chi connectivity index (χ4v) is 3.97. The molecule has 0 bridgehead atoms. The standard InChI is InChI=1S/C24H34N4O3/c1-5-25-24(26-12-6-7-13-28-18(2)9-8-10-23(28)29)27-14-11-19-15-21(30-3)22(31-4)16-20(19)17-27/h8-10,15-16H,5-7,11-14,17H2,1-4H3,(H,25,26). The van der Waals surface area contributed by atoms with E-state index in [1.54, 1.807) is 20.3 Å². The second-order valence-electron chi connectivity index (χ2n) is 7.75. The Morgan fingerprint density at radius 3 is 2.55 bits per heavy atom. The molecule has 1 N–H and O–H groups in total. The monoisotopic (exact) mass is 426 g/mol. The van der Waals surface area contributed by atoms with Crippen molar-refractivity contribution >= 4 is 5.96 Å². The number of nitrogens with zero attached hydrogens (tertiary/aromatic N) is 3. The lowest BCUT2D eigenvalue weighted by atomic mass is 9.99. The molecule has 168 valence electrons. The summed E-state index contributed by atoms with van der Waals surface area (Å²) in [5.41, 5.74) is 3.61. The van der Waals surface area contributed by atoms with Gasteiger partial charge in [-0.15, -0.1) is 0 Å². The van der Waals surface area contributed by atoms with Gasteiger partial charge in [-0.2, -0.15) is 0 Å². The molecule has 0 radical (unpaired) electrons. The van der Waals surface area contributed by atoms with E-state index in [0.29, 0.717) is 0 Å². The molecule has 3 rings (SSSR count). The Balaban J connectivity index is 1.61. The summed E-state index contributed by atoms with van der Waals surface area (Å²) < 4.78 is 12.8. The van der Waals surface area contributed by atoms with E-state index in [9.17, 15) is 4.79 Å². The molecule has 1 aliphatic heterocycles. The summed E-state index contributed by atoms with van der Waals surface area (Å²) in [6, 6.07) is 9.56. The summed E-state index contributed by atoms with van der Waals surface area (Å²) >= 11 is 0. The maximum atomic E-state index is 12.0. The van der Waals surface area contributed by atoms with Gasteiger partial charge in [-0.05, 0) is 62.4 Å². The van der Waals surface area contributed by atoms with Gasteiger partial charge in [-0.3, -0.25) is 9.79 Å². The van der Waals surface area contributed by atoms with Gasteiger partial charge in [0, 0.05) is 44.5 Å². The molecule has 1 aromatic heterocycles. The van der Waals surface area contributed by atoms with Crippen LogP contribution in [-0.4, -0.2) is 49.3 Å². The second-order valence-corrected chi connectivity index (χ2v) is 7.75. The van der Waals surface area contributed by atoms with Crippen LogP contribution in [0.3, 0.4) is 0 Å². The summed E-state index contributed by atoms with van der Waals surface area (Å²) in [7, 11) is 3.34. The van der Waals surface area contributed by atoms with Crippen molar-refractivity contribution < 1.29 is 9.47 Å². The van der Waals surface area contributed by atoms with Gasteiger partial charge in [-0.25, -0.2) is 0 Å². The van der Waals surface area contributed by atoms with Gasteiger partial charge >= 0.3 is 0 Å². The highest BCUT2D eigenvalue weighted by Gasteiger charge is 2.21. The number of aromatic nitrogens is 1. The fourth-order valence-electron chi connectivity index (χ4n) is 3.97. The van der Waals surface area contributed by atoms with Crippen LogP contribution in [0, 0.1) is 6.92 Å². The van der Waals surface area contributed by atoms with Crippen LogP contribution in [-0.2, 0) is 19.5 Å². The normalized spacial score (nSPS) is 13.7. The van der Waals surface area contributed by atoms with Crippen molar-refractivity contribution in [2.45, 2.75) is 46.2 Å². The Morgan fingerprint density at radius 2 is 1.87 bits per heavy atom. The highest BCUT2D eigenvalue weighted by Crippen LogP contribution is 2.33. The Labute approximate surface area is 184 Å². The highest BCUT2D eigenvalue weighted by molar-refractivity contribution is 5.80. The predicted octanol–water partition coefficient (Wildman–Crippen LogP) is 2.98. The lowest BCUT2D eigenvalue weighted by molar-refractivity contribution is 0.346. The number of aryl methyl sites for hydroxylation is 1. The molecule has 0 saturated heterocycles. The number of pyridine rings is 1. The molecule has 0 atom stereocenters. The zero-order valence-corrected chi connectivity index (χ0v) is 19.1. The van der Waals surface area contributed by atoms with E-state index in [0.717, 1.165) is 75.1 Å². The molecule has 0 spiro atoms. The predicted molar refractivity (Wildman–Crippen MR) is 124 cm³/mol. The third kappa shape index (κ3) is 5.60. The number of rotatable bonds is 8. The zero-order chi connectivity index (χ0) is 22.2. The van der Waals surface area contributed by atoms with E-state index in [-0.39, 0.29) is 5.56 Å². The third-order valence-electron chi connectivity index (χ3n) is 5.67. The van der Waals surface area contributed by atoms with Crippen molar-refractivity contribution in [1.29, 1.82) is 0 Å². The van der Waals surface area contributed by atoms with Crippen molar-refractivity contribution in [1.82, 2.24) is 14.8 Å². The second kappa shape index (κ2) is 10.9. The molecular formula is C24H34N4O3. The molecule has 31 heavy (non-hydrogen) atoms. The number of benzene rings is 1. The SMILES string of the molecule is CCNC(=NCCCCn1c(C)cccc1=O)N1CCc2cc(OC)c(OC)cc2C1. The third-order valence-corrected chi connectivity index (χ3v) is 5.67. The number of fused-ring (bicyclic) bond motifs is 1. The van der Waals surface area contributed by atoms with Gasteiger partial charge in [0.25, 0.3) is 5.56 Å². The number of methoxy groups -OCH3 is 2. The van der Waals surface area contributed by atoms with E-state index in [1.807, 2.05) is 23.6 Å². The highest BCUT2D eigenvalue weighted by atomic mass is 16.5. The molecule has 2 heterocycles. The van der Waals surface area contributed by atoms with Gasteiger partial charge < -0.3 is 24.3 Å². The van der Waals surface area contributed by atoms with Crippen LogP contribution in [0.2, 0.25) is 0 Å². The molecule has 1 aromatic carbocycles. The van der Waals surface area contributed by atoms with Gasteiger partial charge in [0.15, 0.2) is 17.5 Å². The van der Waals surface area contributed by atoms with Gasteiger partial charge in [-0.1, -0.05) is 6.07 Å². The fraction of sp³-hybridized carbons (Fsp3) is 0.500. The molecule has 2 aromatic rings. The molecule has 7 nitrogen and oxygen atoms in total. The quantitative estimate of drug-likeness (QED) is 0.399. The van der Waals surface area contributed by atoms with Crippen LogP contribution in [0.5, 0.6) is 11.5 Å². The topological polar surface area (TPSA) is 68.1 Å². The lowest BCUT2D eigenvalue weighted by Crippen LogP contribution is -2.44. The minimum Gasteiger partial charge on any atom is -0.493 e. The van der Waals surface area contributed by atoms with Crippen LogP contribution in [0.25, 0.3) is 0 Å². The molecule has 7 heteroatoms. The van der Waals surface area contributed by atoms with Crippen molar-refractivity contribution in [3.63, 3.8) is 0 Å². The van der Waals surface area contributed by atoms with Gasteiger partial charge in [0.05, 0.1) is 14.2 Å². The van der Waals surface area contributed by atoms with E-state index in [1.165, 1.54) is 11.1 Å². The van der Waals surface area contributed by atoms with E-state index >= 15 is 0 Å². The van der Waals surface area contributed by atoms with Crippen molar-refractivity contribution in [3.05, 3.63) is 57.5 Å². The summed E-state index contributed by atoms with van der Waals surface area (Å²) in [6.45, 7) is 8.06. The molecule has 0 saturated carbocycles. The minimum absolute atomic E-state index is 0.0656. The number of hydrogen-bond donors (Lipinski definition) is 1. The number of nitrogens with one attached hydrogen (secondary N) is 1. The molecule has 1 aliphatic rings. The smallest absolute Gasteiger partial charge is 0.250 e. The maximum Gasteiger partial charge on any atom is 0.250 e. The average Bonchev–Trinajstić information content (AvgIpc) is 2.78. The Morgan fingerprint density at radius 1 is 1.13 bits per heavy atom. The number of ether oxygens (including phenoxy) is 2. The Bertz CT molecular complexity index is 968. The zero-order valence-electron chi connectivity index (χ0n) is 19.1. The van der Waals surface area contributed by atoms with E-state index < -0.39 is 0 Å². The first-order chi connectivity index (χ1) is 15.1. The van der Waals surface area contributed by atoms with Crippen LogP contribution >= 0.6 is 0 Å². The number of unbranched alkanes of at least 4 members (excludes halogenated alkanes) is 1. The number of guanidine groups is 1. The number of hydrogen-bond acceptors (Lipinski definition) is 4. The first kappa shape index (κ1) is 22.7. The van der Waals surface area contributed by atoms with E-state index in [4.69, 9.17) is 14.5 Å². The number of aliphatic imine (C=N–C) groups is 1. The van der Waals surface area contributed by atoms with Gasteiger partial charge in [0.2, 0.25) is 0 Å². The largest absolute Gasteiger partial charge is 0.493 e. The van der Waals surface area contributed by atoms with Crippen molar-refractivity contribution in [3.8, 4) is 11.5 Å². The summed E-state index contributed by atoms with van der Waals surface area (Å²) in [5, 5.41) is 3.43. The van der Waals surface area contributed by atoms with Gasteiger partial charge in [0.1, 0.15) is 0 Å². The Hall–Kier alpha value is -2.96. The lowest BCUT2D eigenvalue weighted by Gasteiger charge is -2.32. The van der Waals surface area contributed by atoms with E-state index in [2.05, 4.69) is 29.3 Å². The average molecular weight is 427 g/mol. The molecule has 0 unspecified atom stereocenters. The van der Waals surface area contributed by atoms with Crippen LogP contribution in [0.1, 0.15) is 36.6 Å². The van der Waals surface area contributed by atoms with Crippen molar-refractivity contribution in [2.24, 2.45) is 4.99 Å². The van der Waals surface area contributed by atoms with Crippen LogP contribution in [0.4, 0.5) is 0 Å². The van der Waals surface area contributed by atoms with Crippen molar-refractivity contribution in [2.75, 3.05) is 33.9 Å². The minimum atomic E-state index is 0.0656. The molecule has 0 amide bonds. The van der Waals surface area contributed by atoms with Crippen LogP contribution in [0.15, 0.2) is 40.1 Å². The van der Waals surface area contributed by atoms with Crippen LogP contribution < -0.4 is 20.3 Å². The maximum absolute atomic E-state index is 12.0. The molecule has 0 fully saturated rings. The summed E-state index contributed by atoms with van der Waals surface area (Å²) in [5.74, 6) is 2.48. The molecule has 0 aliphatic carbocycles. The summed E-state index contributed by atoms with van der Waals surface area (Å²) in [6.07, 6.45) is 2.80.